The maximum absolute atomic E-state index is 12.2. The average Bonchev–Trinajstić information content (AvgIpc) is 2.80. The third kappa shape index (κ3) is 6.27. The zero-order chi connectivity index (χ0) is 22.1. The third-order valence-corrected chi connectivity index (χ3v) is 4.73. The lowest BCUT2D eigenvalue weighted by atomic mass is 10.0. The van der Waals surface area contributed by atoms with Crippen LogP contribution in [0, 0.1) is 0 Å². The summed E-state index contributed by atoms with van der Waals surface area (Å²) in [6.07, 6.45) is 5.34. The van der Waals surface area contributed by atoms with E-state index in [4.69, 9.17) is 0 Å². The Morgan fingerprint density at radius 1 is 0.871 bits per heavy atom. The smallest absolute Gasteiger partial charge is 0.269 e. The standard InChI is InChI=1S/C25H25N3O3/c1-2-3-11-23(29)26-21-15-12-20(13-16-21)25(31)28-27-24(30)17-14-19-9-6-8-18-7-4-5-10-22(18)19/h4-10,12-17H,2-3,11H2,1H3,(H,26,29)(H,27,30)(H,28,31). The largest absolute Gasteiger partial charge is 0.326 e. The van der Waals surface area contributed by atoms with Gasteiger partial charge in [0.15, 0.2) is 0 Å². The minimum absolute atomic E-state index is 0.0516. The molecule has 0 aliphatic heterocycles. The molecule has 158 valence electrons. The van der Waals surface area contributed by atoms with Crippen LogP contribution in [0.2, 0.25) is 0 Å². The molecule has 3 aromatic rings. The molecule has 3 amide bonds. The van der Waals surface area contributed by atoms with Crippen LogP contribution < -0.4 is 16.2 Å². The van der Waals surface area contributed by atoms with E-state index in [1.54, 1.807) is 30.3 Å². The number of carbonyl (C=O) groups is 3. The minimum Gasteiger partial charge on any atom is -0.326 e. The summed E-state index contributed by atoms with van der Waals surface area (Å²) in [6.45, 7) is 2.03. The molecule has 6 heteroatoms. The summed E-state index contributed by atoms with van der Waals surface area (Å²) in [5.41, 5.74) is 6.66. The molecule has 0 aliphatic rings. The van der Waals surface area contributed by atoms with Crippen molar-refractivity contribution in [3.05, 3.63) is 83.9 Å². The number of carbonyl (C=O) groups excluding carboxylic acids is 3. The summed E-state index contributed by atoms with van der Waals surface area (Å²) in [7, 11) is 0. The molecule has 0 radical (unpaired) electrons. The van der Waals surface area contributed by atoms with Crippen molar-refractivity contribution in [2.75, 3.05) is 5.32 Å². The molecule has 6 nitrogen and oxygen atoms in total. The Kier molecular flexibility index (Phi) is 7.54. The van der Waals surface area contributed by atoms with Crippen LogP contribution in [0.4, 0.5) is 5.69 Å². The second-order valence-electron chi connectivity index (χ2n) is 7.07. The number of unbranched alkanes of at least 4 members (excludes halogenated alkanes) is 1. The Bertz CT molecular complexity index is 1100. The number of benzene rings is 3. The van der Waals surface area contributed by atoms with Crippen molar-refractivity contribution in [1.82, 2.24) is 10.9 Å². The molecule has 3 N–H and O–H groups in total. The first-order valence-electron chi connectivity index (χ1n) is 10.2. The molecule has 0 aliphatic carbocycles. The normalized spacial score (nSPS) is 10.7. The highest BCUT2D eigenvalue weighted by Gasteiger charge is 2.07. The van der Waals surface area contributed by atoms with Gasteiger partial charge in [-0.1, -0.05) is 55.8 Å². The van der Waals surface area contributed by atoms with E-state index in [2.05, 4.69) is 16.2 Å². The molecule has 3 rings (SSSR count). The van der Waals surface area contributed by atoms with Crippen LogP contribution in [0.25, 0.3) is 16.8 Å². The summed E-state index contributed by atoms with van der Waals surface area (Å²) in [6, 6.07) is 20.2. The molecule has 3 aromatic carbocycles. The van der Waals surface area contributed by atoms with E-state index in [0.717, 1.165) is 29.2 Å². The number of nitrogens with one attached hydrogen (secondary N) is 3. The predicted octanol–water partition coefficient (Wildman–Crippen LogP) is 4.44. The number of hydrogen-bond donors (Lipinski definition) is 3. The first kappa shape index (κ1) is 21.8. The second-order valence-corrected chi connectivity index (χ2v) is 7.07. The second kappa shape index (κ2) is 10.7. The molecule has 0 heterocycles. The van der Waals surface area contributed by atoms with Crippen LogP contribution in [0.1, 0.15) is 42.1 Å². The van der Waals surface area contributed by atoms with Gasteiger partial charge in [-0.15, -0.1) is 0 Å². The monoisotopic (exact) mass is 415 g/mol. The molecule has 0 bridgehead atoms. The van der Waals surface area contributed by atoms with Crippen molar-refractivity contribution in [3.63, 3.8) is 0 Å². The lowest BCUT2D eigenvalue weighted by molar-refractivity contribution is -0.117. The highest BCUT2D eigenvalue weighted by molar-refractivity contribution is 6.00. The van der Waals surface area contributed by atoms with Gasteiger partial charge in [0.25, 0.3) is 11.8 Å². The fourth-order valence-corrected chi connectivity index (χ4v) is 3.06. The predicted molar refractivity (Wildman–Crippen MR) is 123 cm³/mol. The van der Waals surface area contributed by atoms with Gasteiger partial charge in [-0.05, 0) is 53.1 Å². The molecule has 0 spiro atoms. The molecular formula is C25H25N3O3. The molecule has 0 fully saturated rings. The maximum Gasteiger partial charge on any atom is 0.269 e. The van der Waals surface area contributed by atoms with Crippen LogP contribution in [0.3, 0.4) is 0 Å². The van der Waals surface area contributed by atoms with Gasteiger partial charge in [0, 0.05) is 23.7 Å². The summed E-state index contributed by atoms with van der Waals surface area (Å²) >= 11 is 0. The molecule has 0 saturated carbocycles. The van der Waals surface area contributed by atoms with Crippen LogP contribution in [0.5, 0.6) is 0 Å². The Hall–Kier alpha value is -3.93. The lowest BCUT2D eigenvalue weighted by Crippen LogP contribution is -2.40. The minimum atomic E-state index is -0.448. The molecule has 31 heavy (non-hydrogen) atoms. The zero-order valence-electron chi connectivity index (χ0n) is 17.4. The van der Waals surface area contributed by atoms with Crippen molar-refractivity contribution in [3.8, 4) is 0 Å². The SMILES string of the molecule is CCCCC(=O)Nc1ccc(C(=O)NNC(=O)C=Cc2cccc3ccccc23)cc1. The molecule has 0 aromatic heterocycles. The summed E-state index contributed by atoms with van der Waals surface area (Å²) < 4.78 is 0. The summed E-state index contributed by atoms with van der Waals surface area (Å²) in [5, 5.41) is 4.92. The Balaban J connectivity index is 1.52. The number of hydrazine groups is 1. The van der Waals surface area contributed by atoms with Crippen molar-refractivity contribution in [1.29, 1.82) is 0 Å². The first-order chi connectivity index (χ1) is 15.1. The maximum atomic E-state index is 12.2. The van der Waals surface area contributed by atoms with Crippen molar-refractivity contribution < 1.29 is 14.4 Å². The van der Waals surface area contributed by atoms with E-state index in [-0.39, 0.29) is 5.91 Å². The van der Waals surface area contributed by atoms with E-state index < -0.39 is 11.8 Å². The average molecular weight is 415 g/mol. The van der Waals surface area contributed by atoms with Gasteiger partial charge in [0.1, 0.15) is 0 Å². The van der Waals surface area contributed by atoms with Gasteiger partial charge in [-0.2, -0.15) is 0 Å². The molecule has 0 unspecified atom stereocenters. The van der Waals surface area contributed by atoms with Gasteiger partial charge in [-0.3, -0.25) is 25.2 Å². The van der Waals surface area contributed by atoms with E-state index >= 15 is 0 Å². The van der Waals surface area contributed by atoms with Gasteiger partial charge in [-0.25, -0.2) is 0 Å². The third-order valence-electron chi connectivity index (χ3n) is 4.73. The first-order valence-corrected chi connectivity index (χ1v) is 10.2. The summed E-state index contributed by atoms with van der Waals surface area (Å²) in [4.78, 5) is 36.1. The van der Waals surface area contributed by atoms with Gasteiger partial charge >= 0.3 is 0 Å². The topological polar surface area (TPSA) is 87.3 Å². The number of amides is 3. The van der Waals surface area contributed by atoms with E-state index in [9.17, 15) is 14.4 Å². The van der Waals surface area contributed by atoms with Crippen LogP contribution in [0.15, 0.2) is 72.8 Å². The van der Waals surface area contributed by atoms with E-state index in [1.807, 2.05) is 49.4 Å². The van der Waals surface area contributed by atoms with E-state index in [1.165, 1.54) is 6.08 Å². The van der Waals surface area contributed by atoms with Crippen LogP contribution in [-0.2, 0) is 9.59 Å². The van der Waals surface area contributed by atoms with E-state index in [0.29, 0.717) is 17.7 Å². The Morgan fingerprint density at radius 2 is 1.61 bits per heavy atom. The van der Waals surface area contributed by atoms with Crippen molar-refractivity contribution in [2.45, 2.75) is 26.2 Å². The van der Waals surface area contributed by atoms with Crippen LogP contribution in [-0.4, -0.2) is 17.7 Å². The quantitative estimate of drug-likeness (QED) is 0.394. The Labute approximate surface area is 181 Å². The molecule has 0 atom stereocenters. The Morgan fingerprint density at radius 3 is 2.39 bits per heavy atom. The number of hydrogen-bond acceptors (Lipinski definition) is 3. The van der Waals surface area contributed by atoms with Crippen molar-refractivity contribution >= 4 is 40.3 Å². The van der Waals surface area contributed by atoms with Crippen molar-refractivity contribution in [2.24, 2.45) is 0 Å². The van der Waals surface area contributed by atoms with Gasteiger partial charge in [0.2, 0.25) is 5.91 Å². The highest BCUT2D eigenvalue weighted by atomic mass is 16.2. The molecular weight excluding hydrogens is 390 g/mol. The van der Waals surface area contributed by atoms with Gasteiger partial charge in [0.05, 0.1) is 0 Å². The van der Waals surface area contributed by atoms with Crippen LogP contribution >= 0.6 is 0 Å². The van der Waals surface area contributed by atoms with Gasteiger partial charge < -0.3 is 5.32 Å². The summed E-state index contributed by atoms with van der Waals surface area (Å²) in [5.74, 6) is -0.943. The highest BCUT2D eigenvalue weighted by Crippen LogP contribution is 2.19. The fraction of sp³-hybridized carbons (Fsp3) is 0.160. The molecule has 0 saturated heterocycles. The lowest BCUT2D eigenvalue weighted by Gasteiger charge is -2.08. The fourth-order valence-electron chi connectivity index (χ4n) is 3.06. The number of anilines is 1. The number of rotatable bonds is 7. The zero-order valence-corrected chi connectivity index (χ0v) is 17.4. The number of fused-ring (bicyclic) bond motifs is 1.